The lowest BCUT2D eigenvalue weighted by atomic mass is 10.0. The van der Waals surface area contributed by atoms with Crippen LogP contribution in [0.25, 0.3) is 11.0 Å². The third kappa shape index (κ3) is 2.66. The normalized spacial score (nSPS) is 12.7. The molecule has 1 aromatic heterocycles. The van der Waals surface area contributed by atoms with Crippen LogP contribution >= 0.6 is 12.6 Å². The van der Waals surface area contributed by atoms with E-state index in [0.29, 0.717) is 5.92 Å². The molecule has 0 unspecified atom stereocenters. The van der Waals surface area contributed by atoms with E-state index in [1.54, 1.807) is 0 Å². The third-order valence-corrected chi connectivity index (χ3v) is 3.78. The summed E-state index contributed by atoms with van der Waals surface area (Å²) in [4.78, 5) is 8.08. The number of nitrogens with zero attached hydrogens (tertiary/aromatic N) is 1. The molecule has 19 heavy (non-hydrogen) atoms. The van der Waals surface area contributed by atoms with Crippen LogP contribution in [0.3, 0.4) is 0 Å². The van der Waals surface area contributed by atoms with Crippen LogP contribution in [0.4, 0.5) is 0 Å². The molecule has 0 aliphatic rings. The van der Waals surface area contributed by atoms with Crippen LogP contribution in [-0.4, -0.2) is 15.7 Å². The number of thiol groups is 1. The summed E-state index contributed by atoms with van der Waals surface area (Å²) >= 11 is 4.48. The summed E-state index contributed by atoms with van der Waals surface area (Å²) in [5, 5.41) is 0. The van der Waals surface area contributed by atoms with Crippen molar-refractivity contribution in [3.63, 3.8) is 0 Å². The minimum absolute atomic E-state index is 0.318. The predicted octanol–water partition coefficient (Wildman–Crippen LogP) is 3.82. The van der Waals surface area contributed by atoms with Gasteiger partial charge in [-0.1, -0.05) is 42.5 Å². The summed E-state index contributed by atoms with van der Waals surface area (Å²) in [5.41, 5.74) is 3.44. The van der Waals surface area contributed by atoms with Crippen LogP contribution in [0.5, 0.6) is 0 Å². The predicted molar refractivity (Wildman–Crippen MR) is 82.8 cm³/mol. The van der Waals surface area contributed by atoms with Crippen LogP contribution in [0, 0.1) is 0 Å². The summed E-state index contributed by atoms with van der Waals surface area (Å²) in [6, 6.07) is 18.6. The molecule has 3 heteroatoms. The first-order valence-corrected chi connectivity index (χ1v) is 7.09. The number of fused-ring (bicyclic) bond motifs is 1. The number of hydrogen-bond donors (Lipinski definition) is 2. The van der Waals surface area contributed by atoms with E-state index < -0.39 is 0 Å². The van der Waals surface area contributed by atoms with Gasteiger partial charge in [0.1, 0.15) is 5.82 Å². The van der Waals surface area contributed by atoms with Gasteiger partial charge < -0.3 is 4.98 Å². The minimum Gasteiger partial charge on any atom is -0.342 e. The van der Waals surface area contributed by atoms with E-state index in [2.05, 4.69) is 52.9 Å². The molecule has 0 saturated carbocycles. The van der Waals surface area contributed by atoms with Crippen LogP contribution < -0.4 is 0 Å². The molecule has 1 atom stereocenters. The van der Waals surface area contributed by atoms with E-state index in [-0.39, 0.29) is 0 Å². The fourth-order valence-corrected chi connectivity index (χ4v) is 2.61. The first-order valence-electron chi connectivity index (χ1n) is 6.46. The number of benzene rings is 2. The molecule has 3 rings (SSSR count). The van der Waals surface area contributed by atoms with Crippen molar-refractivity contribution in [2.24, 2.45) is 0 Å². The van der Waals surface area contributed by atoms with E-state index in [1.165, 1.54) is 5.56 Å². The minimum atomic E-state index is 0.318. The molecule has 3 aromatic rings. The Balaban J connectivity index is 1.89. The highest BCUT2D eigenvalue weighted by atomic mass is 32.1. The standard InChI is InChI=1S/C16H16N2S/c19-11-13(10-12-6-2-1-3-7-12)16-17-14-8-4-5-9-15(14)18-16/h1-9,13,19H,10-11H2,(H,17,18)/t13-/m1/s1. The lowest BCUT2D eigenvalue weighted by Crippen LogP contribution is -2.06. The van der Waals surface area contributed by atoms with Crippen LogP contribution in [0.2, 0.25) is 0 Å². The zero-order chi connectivity index (χ0) is 13.1. The van der Waals surface area contributed by atoms with Gasteiger partial charge in [-0.25, -0.2) is 4.98 Å². The zero-order valence-electron chi connectivity index (χ0n) is 10.6. The summed E-state index contributed by atoms with van der Waals surface area (Å²) < 4.78 is 0. The van der Waals surface area contributed by atoms with Crippen molar-refractivity contribution in [2.45, 2.75) is 12.3 Å². The van der Waals surface area contributed by atoms with Gasteiger partial charge in [-0.2, -0.15) is 12.6 Å². The monoisotopic (exact) mass is 268 g/mol. The average molecular weight is 268 g/mol. The van der Waals surface area contributed by atoms with Crippen LogP contribution in [0.1, 0.15) is 17.3 Å². The highest BCUT2D eigenvalue weighted by molar-refractivity contribution is 7.80. The molecule has 0 saturated heterocycles. The number of nitrogens with one attached hydrogen (secondary N) is 1. The first kappa shape index (κ1) is 12.3. The summed E-state index contributed by atoms with van der Waals surface area (Å²) in [5.74, 6) is 2.13. The number of aromatic amines is 1. The maximum Gasteiger partial charge on any atom is 0.111 e. The van der Waals surface area contributed by atoms with Gasteiger partial charge in [0.2, 0.25) is 0 Å². The number of rotatable bonds is 4. The zero-order valence-corrected chi connectivity index (χ0v) is 11.5. The lowest BCUT2D eigenvalue weighted by Gasteiger charge is -2.11. The number of aromatic nitrogens is 2. The maximum atomic E-state index is 4.68. The SMILES string of the molecule is SC[C@@H](Cc1ccccc1)c1nc2ccccc2[nH]1. The van der Waals surface area contributed by atoms with Gasteiger partial charge in [-0.05, 0) is 24.1 Å². The molecule has 2 nitrogen and oxygen atoms in total. The largest absolute Gasteiger partial charge is 0.342 e. The number of H-pyrrole nitrogens is 1. The van der Waals surface area contributed by atoms with Crippen molar-refractivity contribution in [3.05, 3.63) is 66.0 Å². The Morgan fingerprint density at radius 1 is 1.00 bits per heavy atom. The van der Waals surface area contributed by atoms with E-state index >= 15 is 0 Å². The lowest BCUT2D eigenvalue weighted by molar-refractivity contribution is 0.725. The summed E-state index contributed by atoms with van der Waals surface area (Å²) in [6.07, 6.45) is 0.962. The Labute approximate surface area is 118 Å². The third-order valence-electron chi connectivity index (χ3n) is 3.34. The van der Waals surface area contributed by atoms with Crippen molar-refractivity contribution in [1.82, 2.24) is 9.97 Å². The molecule has 0 amide bonds. The molecule has 0 aliphatic carbocycles. The molecular formula is C16H16N2S. The smallest absolute Gasteiger partial charge is 0.111 e. The Bertz CT molecular complexity index is 628. The van der Waals surface area contributed by atoms with Gasteiger partial charge in [0.25, 0.3) is 0 Å². The molecule has 1 N–H and O–H groups in total. The highest BCUT2D eigenvalue weighted by Gasteiger charge is 2.14. The number of imidazole rings is 1. The summed E-state index contributed by atoms with van der Waals surface area (Å²) in [7, 11) is 0. The van der Waals surface area contributed by atoms with E-state index in [1.807, 2.05) is 24.3 Å². The van der Waals surface area contributed by atoms with Gasteiger partial charge in [-0.15, -0.1) is 0 Å². The average Bonchev–Trinajstić information content (AvgIpc) is 2.89. The molecular weight excluding hydrogens is 252 g/mol. The van der Waals surface area contributed by atoms with Crippen molar-refractivity contribution in [3.8, 4) is 0 Å². The second-order valence-electron chi connectivity index (χ2n) is 4.71. The Morgan fingerprint density at radius 3 is 2.47 bits per heavy atom. The molecule has 0 bridgehead atoms. The van der Waals surface area contributed by atoms with Crippen molar-refractivity contribution < 1.29 is 0 Å². The molecule has 0 fully saturated rings. The fourth-order valence-electron chi connectivity index (χ4n) is 2.31. The van der Waals surface area contributed by atoms with Gasteiger partial charge in [0, 0.05) is 11.7 Å². The van der Waals surface area contributed by atoms with Crippen molar-refractivity contribution in [2.75, 3.05) is 5.75 Å². The molecule has 96 valence electrons. The van der Waals surface area contributed by atoms with Gasteiger partial charge in [0.05, 0.1) is 11.0 Å². The van der Waals surface area contributed by atoms with Gasteiger partial charge >= 0.3 is 0 Å². The first-order chi connectivity index (χ1) is 9.36. The highest BCUT2D eigenvalue weighted by Crippen LogP contribution is 2.22. The number of hydrogen-bond acceptors (Lipinski definition) is 2. The number of para-hydroxylation sites is 2. The molecule has 0 spiro atoms. The van der Waals surface area contributed by atoms with E-state index in [0.717, 1.165) is 29.0 Å². The van der Waals surface area contributed by atoms with E-state index in [9.17, 15) is 0 Å². The van der Waals surface area contributed by atoms with Gasteiger partial charge in [-0.3, -0.25) is 0 Å². The van der Waals surface area contributed by atoms with Gasteiger partial charge in [0.15, 0.2) is 0 Å². The van der Waals surface area contributed by atoms with Crippen LogP contribution in [-0.2, 0) is 6.42 Å². The molecule has 2 aromatic carbocycles. The van der Waals surface area contributed by atoms with E-state index in [4.69, 9.17) is 0 Å². The Morgan fingerprint density at radius 2 is 1.74 bits per heavy atom. The maximum absolute atomic E-state index is 4.68. The second kappa shape index (κ2) is 5.49. The van der Waals surface area contributed by atoms with Crippen molar-refractivity contribution >= 4 is 23.7 Å². The molecule has 1 heterocycles. The quantitative estimate of drug-likeness (QED) is 0.692. The van der Waals surface area contributed by atoms with Crippen molar-refractivity contribution in [1.29, 1.82) is 0 Å². The topological polar surface area (TPSA) is 28.7 Å². The molecule has 0 radical (unpaired) electrons. The summed E-state index contributed by atoms with van der Waals surface area (Å²) in [6.45, 7) is 0. The van der Waals surface area contributed by atoms with Crippen LogP contribution in [0.15, 0.2) is 54.6 Å². The Kier molecular flexibility index (Phi) is 3.56. The second-order valence-corrected chi connectivity index (χ2v) is 5.07. The fraction of sp³-hybridized carbons (Fsp3) is 0.188. The molecule has 0 aliphatic heterocycles. The Hall–Kier alpha value is -1.74.